The summed E-state index contributed by atoms with van der Waals surface area (Å²) >= 11 is 0. The van der Waals surface area contributed by atoms with Crippen LogP contribution in [0.15, 0.2) is 24.3 Å². The van der Waals surface area contributed by atoms with Gasteiger partial charge in [0.2, 0.25) is 5.75 Å². The van der Waals surface area contributed by atoms with E-state index in [9.17, 15) is 4.79 Å². The number of benzene rings is 2. The summed E-state index contributed by atoms with van der Waals surface area (Å²) in [6.45, 7) is 6.25. The largest absolute Gasteiger partial charge is 0.493 e. The van der Waals surface area contributed by atoms with Gasteiger partial charge in [-0.25, -0.2) is 0 Å². The molecule has 0 spiro atoms. The minimum atomic E-state index is -0.228. The molecule has 0 saturated carbocycles. The van der Waals surface area contributed by atoms with E-state index in [0.717, 1.165) is 22.3 Å². The van der Waals surface area contributed by atoms with Gasteiger partial charge in [-0.3, -0.25) is 4.79 Å². The first kappa shape index (κ1) is 19.1. The molecule has 0 unspecified atom stereocenters. The van der Waals surface area contributed by atoms with E-state index in [0.29, 0.717) is 23.0 Å². The van der Waals surface area contributed by atoms with E-state index in [1.807, 2.05) is 25.1 Å². The van der Waals surface area contributed by atoms with Crippen LogP contribution in [0.2, 0.25) is 0 Å². The molecule has 0 aromatic heterocycles. The highest BCUT2D eigenvalue weighted by Gasteiger charge is 2.33. The second kappa shape index (κ2) is 7.51. The summed E-state index contributed by atoms with van der Waals surface area (Å²) in [4.78, 5) is 12.4. The number of carbonyl (C=O) groups excluding carboxylic acids is 1. The minimum absolute atomic E-state index is 0.131. The summed E-state index contributed by atoms with van der Waals surface area (Å²) in [5, 5.41) is 0. The highest BCUT2D eigenvalue weighted by atomic mass is 16.5. The Morgan fingerprint density at radius 3 is 2.19 bits per heavy atom. The van der Waals surface area contributed by atoms with Crippen molar-refractivity contribution in [3.63, 3.8) is 0 Å². The number of fused-ring (bicyclic) bond motifs is 1. The van der Waals surface area contributed by atoms with Gasteiger partial charge in [0, 0.05) is 11.5 Å². The summed E-state index contributed by atoms with van der Waals surface area (Å²) in [7, 11) is 4.75. The van der Waals surface area contributed by atoms with Crippen LogP contribution in [0.25, 0.3) is 0 Å². The molecule has 5 heteroatoms. The van der Waals surface area contributed by atoms with Gasteiger partial charge in [0.05, 0.1) is 27.8 Å². The van der Waals surface area contributed by atoms with Crippen LogP contribution in [0.3, 0.4) is 0 Å². The van der Waals surface area contributed by atoms with Crippen LogP contribution in [-0.2, 0) is 4.79 Å². The van der Waals surface area contributed by atoms with E-state index < -0.39 is 0 Å². The van der Waals surface area contributed by atoms with E-state index in [4.69, 9.17) is 18.9 Å². The van der Waals surface area contributed by atoms with Crippen LogP contribution in [0.4, 0.5) is 0 Å². The van der Waals surface area contributed by atoms with Crippen LogP contribution in [0.5, 0.6) is 23.0 Å². The van der Waals surface area contributed by atoms with Gasteiger partial charge in [0.15, 0.2) is 11.5 Å². The predicted molar refractivity (Wildman–Crippen MR) is 103 cm³/mol. The van der Waals surface area contributed by atoms with E-state index in [-0.39, 0.29) is 24.2 Å². The lowest BCUT2D eigenvalue weighted by Crippen LogP contribution is -2.23. The van der Waals surface area contributed by atoms with Crippen molar-refractivity contribution in [2.24, 2.45) is 0 Å². The van der Waals surface area contributed by atoms with E-state index in [1.165, 1.54) is 0 Å². The molecule has 0 fully saturated rings. The molecule has 2 aromatic rings. The molecule has 27 heavy (non-hydrogen) atoms. The van der Waals surface area contributed by atoms with Crippen molar-refractivity contribution in [1.82, 2.24) is 0 Å². The van der Waals surface area contributed by atoms with Crippen molar-refractivity contribution in [1.29, 1.82) is 0 Å². The van der Waals surface area contributed by atoms with Gasteiger partial charge in [-0.2, -0.15) is 0 Å². The second-order valence-electron chi connectivity index (χ2n) is 7.06. The molecule has 1 aliphatic rings. The Balaban J connectivity index is 2.23. The van der Waals surface area contributed by atoms with E-state index >= 15 is 0 Å². The average molecular weight is 370 g/mol. The molecule has 2 aromatic carbocycles. The van der Waals surface area contributed by atoms with Crippen molar-refractivity contribution in [3.05, 3.63) is 46.5 Å². The van der Waals surface area contributed by atoms with Crippen molar-refractivity contribution < 1.29 is 23.7 Å². The van der Waals surface area contributed by atoms with Crippen LogP contribution in [-0.4, -0.2) is 27.3 Å². The number of rotatable bonds is 5. The Bertz CT molecular complexity index is 844. The SMILES string of the molecule is COc1cc([C@@H]2CC(=O)Oc3c(C(C)C)ccc(C)c32)cc(OC)c1OC. The summed E-state index contributed by atoms with van der Waals surface area (Å²) in [6, 6.07) is 7.97. The van der Waals surface area contributed by atoms with Gasteiger partial charge >= 0.3 is 5.97 Å². The van der Waals surface area contributed by atoms with Crippen molar-refractivity contribution in [2.75, 3.05) is 21.3 Å². The number of carbonyl (C=O) groups is 1. The van der Waals surface area contributed by atoms with Gasteiger partial charge in [-0.1, -0.05) is 26.0 Å². The fraction of sp³-hybridized carbons (Fsp3) is 0.409. The Hall–Kier alpha value is -2.69. The molecular weight excluding hydrogens is 344 g/mol. The molecule has 0 aliphatic carbocycles. The third-order valence-electron chi connectivity index (χ3n) is 5.09. The average Bonchev–Trinajstić information content (AvgIpc) is 2.65. The Labute approximate surface area is 160 Å². The molecule has 144 valence electrons. The molecule has 1 atom stereocenters. The van der Waals surface area contributed by atoms with Gasteiger partial charge < -0.3 is 18.9 Å². The second-order valence-corrected chi connectivity index (χ2v) is 7.06. The lowest BCUT2D eigenvalue weighted by molar-refractivity contribution is -0.135. The summed E-state index contributed by atoms with van der Waals surface area (Å²) < 4.78 is 22.1. The Morgan fingerprint density at radius 1 is 1.04 bits per heavy atom. The molecule has 1 aliphatic heterocycles. The van der Waals surface area contributed by atoms with Crippen molar-refractivity contribution >= 4 is 5.97 Å². The summed E-state index contributed by atoms with van der Waals surface area (Å²) in [6.07, 6.45) is 0.272. The number of hydrogen-bond acceptors (Lipinski definition) is 5. The van der Waals surface area contributed by atoms with E-state index in [1.54, 1.807) is 21.3 Å². The first-order valence-corrected chi connectivity index (χ1v) is 9.05. The lowest BCUT2D eigenvalue weighted by atomic mass is 9.81. The summed E-state index contributed by atoms with van der Waals surface area (Å²) in [5.74, 6) is 2.28. The molecule has 5 nitrogen and oxygen atoms in total. The Kier molecular flexibility index (Phi) is 5.31. The Morgan fingerprint density at radius 2 is 1.67 bits per heavy atom. The zero-order valence-corrected chi connectivity index (χ0v) is 16.7. The van der Waals surface area contributed by atoms with Gasteiger partial charge in [-0.15, -0.1) is 0 Å². The van der Waals surface area contributed by atoms with Gasteiger partial charge in [0.25, 0.3) is 0 Å². The quantitative estimate of drug-likeness (QED) is 0.569. The highest BCUT2D eigenvalue weighted by Crippen LogP contribution is 2.48. The number of ether oxygens (including phenoxy) is 4. The van der Waals surface area contributed by atoms with Crippen LogP contribution in [0.1, 0.15) is 54.4 Å². The number of esters is 1. The molecule has 0 amide bonds. The predicted octanol–water partition coefficient (Wildman–Crippen LogP) is 4.59. The van der Waals surface area contributed by atoms with Crippen LogP contribution < -0.4 is 18.9 Å². The van der Waals surface area contributed by atoms with Crippen LogP contribution in [0, 0.1) is 6.92 Å². The highest BCUT2D eigenvalue weighted by molar-refractivity contribution is 5.79. The maximum atomic E-state index is 12.4. The minimum Gasteiger partial charge on any atom is -0.493 e. The fourth-order valence-electron chi connectivity index (χ4n) is 3.73. The fourth-order valence-corrected chi connectivity index (χ4v) is 3.73. The number of hydrogen-bond donors (Lipinski definition) is 0. The zero-order valence-electron chi connectivity index (χ0n) is 16.7. The van der Waals surface area contributed by atoms with Crippen molar-refractivity contribution in [2.45, 2.75) is 39.0 Å². The monoisotopic (exact) mass is 370 g/mol. The normalized spacial score (nSPS) is 16.0. The number of aryl methyl sites for hydroxylation is 1. The maximum Gasteiger partial charge on any atom is 0.312 e. The molecule has 0 bridgehead atoms. The standard InChI is InChI=1S/C22H26O5/c1-12(2)15-8-7-13(3)20-16(11-19(23)27-21(15)20)14-9-17(24-4)22(26-6)18(10-14)25-5/h7-10,12,16H,11H2,1-6H3/t16-/m0/s1. The first-order chi connectivity index (χ1) is 12.9. The van der Waals surface area contributed by atoms with Crippen molar-refractivity contribution in [3.8, 4) is 23.0 Å². The molecular formula is C22H26O5. The van der Waals surface area contributed by atoms with E-state index in [2.05, 4.69) is 19.9 Å². The zero-order chi connectivity index (χ0) is 19.7. The molecule has 0 radical (unpaired) electrons. The third kappa shape index (κ3) is 3.34. The summed E-state index contributed by atoms with van der Waals surface area (Å²) in [5.41, 5.74) is 4.13. The molecule has 0 saturated heterocycles. The number of methoxy groups -OCH3 is 3. The maximum absolute atomic E-state index is 12.4. The molecule has 0 N–H and O–H groups in total. The van der Waals surface area contributed by atoms with Gasteiger partial charge in [0.1, 0.15) is 5.75 Å². The lowest BCUT2D eigenvalue weighted by Gasteiger charge is -2.30. The van der Waals surface area contributed by atoms with Crippen LogP contribution >= 0.6 is 0 Å². The van der Waals surface area contributed by atoms with Gasteiger partial charge in [-0.05, 0) is 41.7 Å². The smallest absolute Gasteiger partial charge is 0.312 e. The first-order valence-electron chi connectivity index (χ1n) is 9.05. The third-order valence-corrected chi connectivity index (χ3v) is 5.09. The molecule has 1 heterocycles. The molecule has 3 rings (SSSR count). The topological polar surface area (TPSA) is 54.0 Å².